The summed E-state index contributed by atoms with van der Waals surface area (Å²) in [5, 5.41) is 0. The van der Waals surface area contributed by atoms with E-state index < -0.39 is 11.2 Å². The first-order valence-electron chi connectivity index (χ1n) is 3.36. The van der Waals surface area contributed by atoms with Gasteiger partial charge in [-0.3, -0.25) is 0 Å². The minimum absolute atomic E-state index is 0.448. The second kappa shape index (κ2) is 2.29. The summed E-state index contributed by atoms with van der Waals surface area (Å²) in [6.07, 6.45) is 1.05. The van der Waals surface area contributed by atoms with E-state index in [0.29, 0.717) is 0 Å². The second-order valence-corrected chi connectivity index (χ2v) is 4.00. The van der Waals surface area contributed by atoms with E-state index in [9.17, 15) is 4.55 Å². The van der Waals surface area contributed by atoms with Crippen molar-refractivity contribution in [3.8, 4) is 0 Å². The van der Waals surface area contributed by atoms with Gasteiger partial charge in [-0.2, -0.15) is 4.55 Å². The topological polar surface area (TPSA) is 20.2 Å². The van der Waals surface area contributed by atoms with Crippen LogP contribution in [0.5, 0.6) is 0 Å². The van der Waals surface area contributed by atoms with Crippen LogP contribution in [-0.4, -0.2) is 10.3 Å². The average Bonchev–Trinajstić information content (AvgIpc) is 2.34. The molecule has 1 N–H and O–H groups in total. The first kappa shape index (κ1) is 6.25. The fourth-order valence-electron chi connectivity index (χ4n) is 1.26. The highest BCUT2D eigenvalue weighted by Crippen LogP contribution is 2.24. The molecule has 0 bridgehead atoms. The van der Waals surface area contributed by atoms with E-state index in [1.165, 1.54) is 5.56 Å². The monoisotopic (exact) mass is 153 g/mol. The average molecular weight is 153 g/mol. The molecule has 10 heavy (non-hydrogen) atoms. The Balaban J connectivity index is 2.51. The van der Waals surface area contributed by atoms with Crippen molar-refractivity contribution in [3.63, 3.8) is 0 Å². The predicted molar refractivity (Wildman–Crippen MR) is 43.3 cm³/mol. The van der Waals surface area contributed by atoms with Gasteiger partial charge in [0, 0.05) is 12.0 Å². The van der Waals surface area contributed by atoms with Crippen molar-refractivity contribution in [1.82, 2.24) is 0 Å². The summed E-state index contributed by atoms with van der Waals surface area (Å²) in [5.41, 5.74) is 1.33. The first-order valence-corrected chi connectivity index (χ1v) is 4.71. The van der Waals surface area contributed by atoms with E-state index in [1.807, 2.05) is 18.2 Å². The minimum atomic E-state index is -0.448. The molecule has 1 heterocycles. The third-order valence-electron chi connectivity index (χ3n) is 1.79. The van der Waals surface area contributed by atoms with Gasteiger partial charge in [0.2, 0.25) is 0 Å². The molecule has 1 atom stereocenters. The molecule has 0 aromatic heterocycles. The maximum absolute atomic E-state index is 9.41. The van der Waals surface area contributed by atoms with Crippen LogP contribution in [0.25, 0.3) is 0 Å². The summed E-state index contributed by atoms with van der Waals surface area (Å²) in [6, 6.07) is 8.13. The lowest BCUT2D eigenvalue weighted by atomic mass is 10.2. The van der Waals surface area contributed by atoms with Crippen molar-refractivity contribution in [1.29, 1.82) is 0 Å². The van der Waals surface area contributed by atoms with Crippen molar-refractivity contribution < 1.29 is 4.55 Å². The lowest BCUT2D eigenvalue weighted by Gasteiger charge is -1.89. The third kappa shape index (κ3) is 0.842. The molecule has 52 valence electrons. The van der Waals surface area contributed by atoms with Gasteiger partial charge in [0.1, 0.15) is 0 Å². The quantitative estimate of drug-likeness (QED) is 0.562. The molecule has 1 aliphatic heterocycles. The lowest BCUT2D eigenvalue weighted by molar-refractivity contribution is 0.642. The summed E-state index contributed by atoms with van der Waals surface area (Å²) in [5.74, 6) is 0.930. The predicted octanol–water partition coefficient (Wildman–Crippen LogP) is 1.69. The second-order valence-electron chi connectivity index (χ2n) is 2.43. The molecular formula is C8H9OS+. The van der Waals surface area contributed by atoms with Crippen LogP contribution in [0.4, 0.5) is 0 Å². The van der Waals surface area contributed by atoms with Gasteiger partial charge in [-0.05, 0) is 6.07 Å². The minimum Gasteiger partial charge on any atom is -0.181 e. The molecule has 0 amide bonds. The Morgan fingerprint density at radius 1 is 1.30 bits per heavy atom. The first-order chi connectivity index (χ1) is 4.88. The summed E-state index contributed by atoms with van der Waals surface area (Å²) in [4.78, 5) is 1.16. The third-order valence-corrected chi connectivity index (χ3v) is 3.29. The van der Waals surface area contributed by atoms with Gasteiger partial charge in [-0.25, -0.2) is 0 Å². The Bertz CT molecular complexity index is 247. The van der Waals surface area contributed by atoms with Gasteiger partial charge >= 0.3 is 0 Å². The molecule has 0 saturated heterocycles. The van der Waals surface area contributed by atoms with Gasteiger partial charge in [0.05, 0.1) is 0 Å². The van der Waals surface area contributed by atoms with Crippen LogP contribution in [0.3, 0.4) is 0 Å². The van der Waals surface area contributed by atoms with Crippen molar-refractivity contribution in [3.05, 3.63) is 29.8 Å². The summed E-state index contributed by atoms with van der Waals surface area (Å²) in [7, 11) is 0. The summed E-state index contributed by atoms with van der Waals surface area (Å²) >= 11 is -0.448. The summed E-state index contributed by atoms with van der Waals surface area (Å²) < 4.78 is 9.41. The molecule has 0 aliphatic carbocycles. The van der Waals surface area contributed by atoms with Gasteiger partial charge in [-0.1, -0.05) is 18.2 Å². The SMILES string of the molecule is O[S+]1CCc2ccccc21. The zero-order valence-electron chi connectivity index (χ0n) is 5.58. The highest BCUT2D eigenvalue weighted by atomic mass is 32.2. The maximum atomic E-state index is 9.41. The highest BCUT2D eigenvalue weighted by molar-refractivity contribution is 7.91. The van der Waals surface area contributed by atoms with Crippen molar-refractivity contribution in [2.45, 2.75) is 11.3 Å². The van der Waals surface area contributed by atoms with Gasteiger partial charge in [0.25, 0.3) is 0 Å². The molecule has 0 radical (unpaired) electrons. The van der Waals surface area contributed by atoms with Crippen molar-refractivity contribution in [2.24, 2.45) is 0 Å². The number of benzene rings is 1. The van der Waals surface area contributed by atoms with E-state index >= 15 is 0 Å². The van der Waals surface area contributed by atoms with Crippen LogP contribution in [0.1, 0.15) is 5.56 Å². The molecule has 1 unspecified atom stereocenters. The number of rotatable bonds is 0. The number of aryl methyl sites for hydroxylation is 1. The molecule has 1 aliphatic rings. The van der Waals surface area contributed by atoms with E-state index in [1.54, 1.807) is 0 Å². The Morgan fingerprint density at radius 3 is 2.90 bits per heavy atom. The van der Waals surface area contributed by atoms with Crippen LogP contribution in [0.15, 0.2) is 29.2 Å². The Hall–Kier alpha value is -0.470. The zero-order valence-corrected chi connectivity index (χ0v) is 6.40. The highest BCUT2D eigenvalue weighted by Gasteiger charge is 2.29. The van der Waals surface area contributed by atoms with E-state index in [2.05, 4.69) is 6.07 Å². The molecular weight excluding hydrogens is 144 g/mol. The fourth-order valence-corrected chi connectivity index (χ4v) is 2.60. The standard InChI is InChI=1S/C8H9OS/c9-10-6-5-7-3-1-2-4-8(7)10/h1-4,9H,5-6H2/q+1. The summed E-state index contributed by atoms with van der Waals surface area (Å²) in [6.45, 7) is 0. The molecule has 1 nitrogen and oxygen atoms in total. The Kier molecular flexibility index (Phi) is 1.43. The largest absolute Gasteiger partial charge is 0.193 e. The van der Waals surface area contributed by atoms with Gasteiger partial charge in [-0.15, -0.1) is 0 Å². The van der Waals surface area contributed by atoms with Crippen LogP contribution in [-0.2, 0) is 17.6 Å². The van der Waals surface area contributed by atoms with Crippen molar-refractivity contribution in [2.75, 3.05) is 5.75 Å². The molecule has 0 fully saturated rings. The number of fused-ring (bicyclic) bond motifs is 1. The zero-order chi connectivity index (χ0) is 6.97. The fraction of sp³-hybridized carbons (Fsp3) is 0.250. The maximum Gasteiger partial charge on any atom is 0.193 e. The van der Waals surface area contributed by atoms with Gasteiger partial charge in [0.15, 0.2) is 21.8 Å². The van der Waals surface area contributed by atoms with Crippen LogP contribution in [0.2, 0.25) is 0 Å². The van der Waals surface area contributed by atoms with E-state index in [4.69, 9.17) is 0 Å². The Morgan fingerprint density at radius 2 is 2.10 bits per heavy atom. The Labute approximate surface area is 63.2 Å². The smallest absolute Gasteiger partial charge is 0.181 e. The molecule has 1 aromatic rings. The van der Waals surface area contributed by atoms with Gasteiger partial charge < -0.3 is 0 Å². The molecule has 0 saturated carbocycles. The molecule has 1 aromatic carbocycles. The van der Waals surface area contributed by atoms with Crippen LogP contribution >= 0.6 is 0 Å². The van der Waals surface area contributed by atoms with Crippen LogP contribution in [0, 0.1) is 0 Å². The number of hydrogen-bond donors (Lipinski definition) is 1. The molecule has 2 rings (SSSR count). The molecule has 0 spiro atoms. The van der Waals surface area contributed by atoms with Crippen molar-refractivity contribution >= 4 is 11.2 Å². The van der Waals surface area contributed by atoms with E-state index in [-0.39, 0.29) is 0 Å². The normalized spacial score (nSPS) is 22.7. The molecule has 2 heteroatoms. The lowest BCUT2D eigenvalue weighted by Crippen LogP contribution is -1.97. The van der Waals surface area contributed by atoms with E-state index in [0.717, 1.165) is 17.1 Å². The van der Waals surface area contributed by atoms with Crippen LogP contribution < -0.4 is 0 Å². The number of hydrogen-bond acceptors (Lipinski definition) is 1.